The molecular formula is C25H28ClFN4O2. The Bertz CT molecular complexity index is 1150. The number of hydrogen-bond donors (Lipinski definition) is 1. The van der Waals surface area contributed by atoms with E-state index in [2.05, 4.69) is 12.2 Å². The van der Waals surface area contributed by atoms with Crippen molar-refractivity contribution in [3.63, 3.8) is 0 Å². The van der Waals surface area contributed by atoms with E-state index >= 15 is 0 Å². The number of halogens is 2. The predicted octanol–water partition coefficient (Wildman–Crippen LogP) is 4.31. The number of rotatable bonds is 7. The molecule has 33 heavy (non-hydrogen) atoms. The number of aromatic nitrogens is 1. The average molecular weight is 471 g/mol. The summed E-state index contributed by atoms with van der Waals surface area (Å²) in [5.74, 6) is -0.451. The maximum atomic E-state index is 14.1. The van der Waals surface area contributed by atoms with E-state index in [0.29, 0.717) is 49.0 Å². The van der Waals surface area contributed by atoms with Gasteiger partial charge in [-0.05, 0) is 30.7 Å². The van der Waals surface area contributed by atoms with Crippen molar-refractivity contribution < 1.29 is 14.0 Å². The fourth-order valence-electron chi connectivity index (χ4n) is 4.21. The molecule has 1 aliphatic rings. The number of piperazine rings is 1. The summed E-state index contributed by atoms with van der Waals surface area (Å²) >= 11 is 6.21. The monoisotopic (exact) mass is 470 g/mol. The number of unbranched alkanes of at least 4 members (excludes halogenated alkanes) is 1. The van der Waals surface area contributed by atoms with Crippen molar-refractivity contribution in [2.24, 2.45) is 0 Å². The van der Waals surface area contributed by atoms with Gasteiger partial charge in [-0.3, -0.25) is 9.59 Å². The minimum atomic E-state index is -0.255. The van der Waals surface area contributed by atoms with Crippen molar-refractivity contribution in [1.29, 1.82) is 0 Å². The Labute approximate surface area is 197 Å². The van der Waals surface area contributed by atoms with E-state index in [4.69, 9.17) is 11.6 Å². The van der Waals surface area contributed by atoms with Crippen LogP contribution in [0.15, 0.2) is 48.7 Å². The van der Waals surface area contributed by atoms with Gasteiger partial charge in [0.1, 0.15) is 12.4 Å². The third-order valence-corrected chi connectivity index (χ3v) is 6.24. The number of para-hydroxylation sites is 1. The highest BCUT2D eigenvalue weighted by Gasteiger charge is 2.26. The van der Waals surface area contributed by atoms with E-state index < -0.39 is 0 Å². The zero-order valence-corrected chi connectivity index (χ0v) is 19.4. The lowest BCUT2D eigenvalue weighted by Gasteiger charge is -2.36. The van der Waals surface area contributed by atoms with Crippen molar-refractivity contribution in [2.45, 2.75) is 26.3 Å². The molecule has 1 saturated heterocycles. The molecule has 0 aliphatic carbocycles. The standard InChI is InChI=1S/C25H28ClFN4O2/c1-2-3-10-28-24(32)17-31-16-20(19-9-8-18(26)15-23(19)31)25(33)30-13-11-29(12-14-30)22-7-5-4-6-21(22)27/h4-9,15-16H,2-3,10-14,17H2,1H3,(H,28,32). The lowest BCUT2D eigenvalue weighted by atomic mass is 10.1. The zero-order chi connectivity index (χ0) is 23.4. The lowest BCUT2D eigenvalue weighted by molar-refractivity contribution is -0.121. The summed E-state index contributed by atoms with van der Waals surface area (Å²) in [7, 11) is 0. The second kappa shape index (κ2) is 10.3. The number of nitrogens with zero attached hydrogens (tertiary/aromatic N) is 3. The number of amides is 2. The molecular weight excluding hydrogens is 443 g/mol. The first-order valence-corrected chi connectivity index (χ1v) is 11.7. The minimum Gasteiger partial charge on any atom is -0.366 e. The van der Waals surface area contributed by atoms with Crippen LogP contribution in [-0.2, 0) is 11.3 Å². The Morgan fingerprint density at radius 1 is 1.09 bits per heavy atom. The molecule has 0 saturated carbocycles. The Hall–Kier alpha value is -3.06. The van der Waals surface area contributed by atoms with E-state index in [-0.39, 0.29) is 24.2 Å². The largest absolute Gasteiger partial charge is 0.366 e. The van der Waals surface area contributed by atoms with Crippen molar-refractivity contribution in [2.75, 3.05) is 37.6 Å². The fraction of sp³-hybridized carbons (Fsp3) is 0.360. The first-order valence-electron chi connectivity index (χ1n) is 11.3. The van der Waals surface area contributed by atoms with E-state index in [9.17, 15) is 14.0 Å². The van der Waals surface area contributed by atoms with Gasteiger partial charge in [0.15, 0.2) is 0 Å². The maximum absolute atomic E-state index is 14.1. The summed E-state index contributed by atoms with van der Waals surface area (Å²) in [6, 6.07) is 12.1. The smallest absolute Gasteiger partial charge is 0.256 e. The molecule has 0 bridgehead atoms. The molecule has 0 atom stereocenters. The molecule has 4 rings (SSSR count). The molecule has 0 spiro atoms. The lowest BCUT2D eigenvalue weighted by Crippen LogP contribution is -2.49. The second-order valence-corrected chi connectivity index (χ2v) is 8.70. The summed E-state index contributed by atoms with van der Waals surface area (Å²) in [6.45, 7) is 4.91. The van der Waals surface area contributed by atoms with E-state index in [1.165, 1.54) is 6.07 Å². The number of benzene rings is 2. The molecule has 2 amide bonds. The van der Waals surface area contributed by atoms with Gasteiger partial charge in [-0.15, -0.1) is 0 Å². The maximum Gasteiger partial charge on any atom is 0.256 e. The van der Waals surface area contributed by atoms with Gasteiger partial charge in [-0.25, -0.2) is 4.39 Å². The quantitative estimate of drug-likeness (QED) is 0.523. The Kier molecular flexibility index (Phi) is 7.18. The number of fused-ring (bicyclic) bond motifs is 1. The van der Waals surface area contributed by atoms with E-state index in [1.54, 1.807) is 39.9 Å². The highest BCUT2D eigenvalue weighted by Crippen LogP contribution is 2.27. The molecule has 1 aromatic heterocycles. The van der Waals surface area contributed by atoms with Crippen molar-refractivity contribution in [3.8, 4) is 0 Å². The third kappa shape index (κ3) is 5.14. The van der Waals surface area contributed by atoms with Crippen LogP contribution >= 0.6 is 11.6 Å². The molecule has 3 aromatic rings. The second-order valence-electron chi connectivity index (χ2n) is 8.27. The highest BCUT2D eigenvalue weighted by atomic mass is 35.5. The fourth-order valence-corrected chi connectivity index (χ4v) is 4.38. The van der Waals surface area contributed by atoms with Gasteiger partial charge in [0.25, 0.3) is 5.91 Å². The van der Waals surface area contributed by atoms with Gasteiger partial charge in [-0.1, -0.05) is 43.1 Å². The first-order chi connectivity index (χ1) is 16.0. The van der Waals surface area contributed by atoms with Crippen LogP contribution in [0.5, 0.6) is 0 Å². The minimum absolute atomic E-state index is 0.0966. The van der Waals surface area contributed by atoms with Crippen molar-refractivity contribution >= 4 is 40.0 Å². The predicted molar refractivity (Wildman–Crippen MR) is 129 cm³/mol. The van der Waals surface area contributed by atoms with Gasteiger partial charge in [0, 0.05) is 49.3 Å². The number of carbonyl (C=O) groups is 2. The summed E-state index contributed by atoms with van der Waals surface area (Å²) in [4.78, 5) is 29.5. The third-order valence-electron chi connectivity index (χ3n) is 6.00. The number of anilines is 1. The molecule has 1 fully saturated rings. The van der Waals surface area contributed by atoms with Crippen LogP contribution in [0.3, 0.4) is 0 Å². The Morgan fingerprint density at radius 2 is 1.85 bits per heavy atom. The van der Waals surface area contributed by atoms with Crippen LogP contribution in [0.2, 0.25) is 5.02 Å². The topological polar surface area (TPSA) is 57.6 Å². The Balaban J connectivity index is 1.51. The van der Waals surface area contributed by atoms with Crippen molar-refractivity contribution in [3.05, 3.63) is 65.1 Å². The normalized spacial score (nSPS) is 14.0. The summed E-state index contributed by atoms with van der Waals surface area (Å²) in [6.07, 6.45) is 3.67. The van der Waals surface area contributed by atoms with Gasteiger partial charge in [-0.2, -0.15) is 0 Å². The van der Waals surface area contributed by atoms with Crippen LogP contribution in [0.4, 0.5) is 10.1 Å². The summed E-state index contributed by atoms with van der Waals surface area (Å²) in [5.41, 5.74) is 1.86. The van der Waals surface area contributed by atoms with Gasteiger partial charge < -0.3 is 19.7 Å². The number of hydrogen-bond acceptors (Lipinski definition) is 3. The van der Waals surface area contributed by atoms with Crippen LogP contribution < -0.4 is 10.2 Å². The highest BCUT2D eigenvalue weighted by molar-refractivity contribution is 6.31. The number of nitrogens with one attached hydrogen (secondary N) is 1. The molecule has 2 aromatic carbocycles. The van der Waals surface area contributed by atoms with E-state index in [0.717, 1.165) is 23.7 Å². The van der Waals surface area contributed by atoms with Crippen LogP contribution in [0, 0.1) is 5.82 Å². The number of carbonyl (C=O) groups excluding carboxylic acids is 2. The first kappa shape index (κ1) is 23.1. The Morgan fingerprint density at radius 3 is 2.58 bits per heavy atom. The summed E-state index contributed by atoms with van der Waals surface area (Å²) < 4.78 is 15.9. The molecule has 1 N–H and O–H groups in total. The molecule has 6 nitrogen and oxygen atoms in total. The summed E-state index contributed by atoms with van der Waals surface area (Å²) in [5, 5.41) is 4.23. The zero-order valence-electron chi connectivity index (χ0n) is 18.7. The molecule has 0 radical (unpaired) electrons. The SMILES string of the molecule is CCCCNC(=O)Cn1cc(C(=O)N2CCN(c3ccccc3F)CC2)c2ccc(Cl)cc21. The van der Waals surface area contributed by atoms with Crippen molar-refractivity contribution in [1.82, 2.24) is 14.8 Å². The molecule has 1 aliphatic heterocycles. The van der Waals surface area contributed by atoms with Gasteiger partial charge in [0.05, 0.1) is 16.8 Å². The molecule has 8 heteroatoms. The van der Waals surface area contributed by atoms with Crippen LogP contribution in [-0.4, -0.2) is 54.0 Å². The molecule has 2 heterocycles. The van der Waals surface area contributed by atoms with Crippen LogP contribution in [0.1, 0.15) is 30.1 Å². The molecule has 174 valence electrons. The van der Waals surface area contributed by atoms with Gasteiger partial charge in [0.2, 0.25) is 5.91 Å². The average Bonchev–Trinajstić information content (AvgIpc) is 3.16. The molecule has 0 unspecified atom stereocenters. The van der Waals surface area contributed by atoms with Crippen LogP contribution in [0.25, 0.3) is 10.9 Å². The van der Waals surface area contributed by atoms with E-state index in [1.807, 2.05) is 17.0 Å². The van der Waals surface area contributed by atoms with Gasteiger partial charge >= 0.3 is 0 Å².